The predicted octanol–water partition coefficient (Wildman–Crippen LogP) is 3.81. The molecule has 0 fully saturated rings. The molecule has 13 heavy (non-hydrogen) atoms. The molecule has 1 aromatic heterocycles. The van der Waals surface area contributed by atoms with Crippen molar-refractivity contribution in [3.05, 3.63) is 34.2 Å². The van der Waals surface area contributed by atoms with Crippen molar-refractivity contribution in [2.45, 2.75) is 5.88 Å². The Kier molecular flexibility index (Phi) is 2.30. The van der Waals surface area contributed by atoms with Crippen molar-refractivity contribution in [1.29, 1.82) is 0 Å². The number of halogens is 3. The van der Waals surface area contributed by atoms with E-state index in [0.717, 1.165) is 20.9 Å². The second-order valence-electron chi connectivity index (χ2n) is 2.76. The van der Waals surface area contributed by atoms with Crippen LogP contribution in [-0.2, 0) is 5.88 Å². The third-order valence-electron chi connectivity index (χ3n) is 1.92. The first-order chi connectivity index (χ1) is 6.22. The van der Waals surface area contributed by atoms with Gasteiger partial charge in [0, 0.05) is 27.5 Å². The molecule has 0 unspecified atom stereocenters. The van der Waals surface area contributed by atoms with Gasteiger partial charge in [0.25, 0.3) is 0 Å². The maximum absolute atomic E-state index is 12.9. The van der Waals surface area contributed by atoms with Crippen LogP contribution in [0.3, 0.4) is 0 Å². The molecule has 0 atom stereocenters. The highest BCUT2D eigenvalue weighted by atomic mass is 79.9. The van der Waals surface area contributed by atoms with E-state index in [4.69, 9.17) is 11.6 Å². The van der Waals surface area contributed by atoms with Crippen LogP contribution in [0.4, 0.5) is 4.39 Å². The van der Waals surface area contributed by atoms with Gasteiger partial charge < -0.3 is 4.98 Å². The molecule has 1 nitrogen and oxygen atoms in total. The van der Waals surface area contributed by atoms with Crippen LogP contribution in [0, 0.1) is 5.82 Å². The maximum atomic E-state index is 12.9. The monoisotopic (exact) mass is 261 g/mol. The summed E-state index contributed by atoms with van der Waals surface area (Å²) in [6, 6.07) is 2.89. The summed E-state index contributed by atoms with van der Waals surface area (Å²) in [5.74, 6) is 0.159. The smallest absolute Gasteiger partial charge is 0.126 e. The normalized spacial score (nSPS) is 11.0. The van der Waals surface area contributed by atoms with Crippen molar-refractivity contribution < 1.29 is 4.39 Å². The molecule has 0 radical (unpaired) electrons. The second kappa shape index (κ2) is 3.31. The van der Waals surface area contributed by atoms with E-state index in [1.807, 2.05) is 0 Å². The highest BCUT2D eigenvalue weighted by Gasteiger charge is 2.07. The number of hydrogen-bond donors (Lipinski definition) is 1. The van der Waals surface area contributed by atoms with Crippen LogP contribution in [0.5, 0.6) is 0 Å². The largest absolute Gasteiger partial charge is 0.361 e. The van der Waals surface area contributed by atoms with Crippen molar-refractivity contribution >= 4 is 38.4 Å². The van der Waals surface area contributed by atoms with Gasteiger partial charge in [0.1, 0.15) is 5.82 Å². The van der Waals surface area contributed by atoms with Crippen molar-refractivity contribution in [2.24, 2.45) is 0 Å². The Bertz CT molecular complexity index is 452. The lowest BCUT2D eigenvalue weighted by atomic mass is 10.2. The summed E-state index contributed by atoms with van der Waals surface area (Å²) in [6.45, 7) is 0. The Hall–Kier alpha value is -0.540. The van der Waals surface area contributed by atoms with Gasteiger partial charge in [0.05, 0.1) is 0 Å². The Morgan fingerprint density at radius 3 is 2.92 bits per heavy atom. The molecule has 0 saturated carbocycles. The SMILES string of the molecule is Fc1cc(Br)c2c(CCl)c[nH]c2c1. The third-order valence-corrected chi connectivity index (χ3v) is 2.84. The third kappa shape index (κ3) is 1.46. The van der Waals surface area contributed by atoms with E-state index < -0.39 is 0 Å². The van der Waals surface area contributed by atoms with Crippen LogP contribution in [-0.4, -0.2) is 4.98 Å². The molecule has 0 spiro atoms. The van der Waals surface area contributed by atoms with Crippen molar-refractivity contribution in [1.82, 2.24) is 4.98 Å². The van der Waals surface area contributed by atoms with E-state index in [1.165, 1.54) is 12.1 Å². The average molecular weight is 263 g/mol. The Morgan fingerprint density at radius 2 is 2.23 bits per heavy atom. The number of aromatic amines is 1. The molecular formula is C9H6BrClFN. The first-order valence-electron chi connectivity index (χ1n) is 3.73. The number of hydrogen-bond acceptors (Lipinski definition) is 0. The molecule has 1 aromatic carbocycles. The van der Waals surface area contributed by atoms with Crippen molar-refractivity contribution in [3.8, 4) is 0 Å². The lowest BCUT2D eigenvalue weighted by molar-refractivity contribution is 0.628. The molecule has 68 valence electrons. The maximum Gasteiger partial charge on any atom is 0.126 e. The standard InChI is InChI=1S/C9H6BrClFN/c10-7-1-6(12)2-8-9(7)5(3-11)4-13-8/h1-2,4,13H,3H2. The van der Waals surface area contributed by atoms with Crippen LogP contribution >= 0.6 is 27.5 Å². The molecule has 0 aliphatic heterocycles. The molecule has 1 heterocycles. The van der Waals surface area contributed by atoms with E-state index in [0.29, 0.717) is 5.88 Å². The number of H-pyrrole nitrogens is 1. The molecule has 2 rings (SSSR count). The second-order valence-corrected chi connectivity index (χ2v) is 3.88. The predicted molar refractivity (Wildman–Crippen MR) is 55.5 cm³/mol. The Labute approximate surface area is 88.0 Å². The Balaban J connectivity index is 2.82. The molecule has 0 saturated heterocycles. The zero-order chi connectivity index (χ0) is 9.42. The molecule has 1 N–H and O–H groups in total. The molecule has 0 aliphatic carbocycles. The lowest BCUT2D eigenvalue weighted by Crippen LogP contribution is -1.78. The highest BCUT2D eigenvalue weighted by molar-refractivity contribution is 9.10. The minimum atomic E-state index is -0.262. The van der Waals surface area contributed by atoms with Gasteiger partial charge in [0.2, 0.25) is 0 Å². The number of fused-ring (bicyclic) bond motifs is 1. The number of benzene rings is 1. The van der Waals surface area contributed by atoms with E-state index in [-0.39, 0.29) is 5.82 Å². The van der Waals surface area contributed by atoms with Crippen LogP contribution in [0.1, 0.15) is 5.56 Å². The van der Waals surface area contributed by atoms with E-state index in [2.05, 4.69) is 20.9 Å². The summed E-state index contributed by atoms with van der Waals surface area (Å²) >= 11 is 9.02. The van der Waals surface area contributed by atoms with E-state index in [9.17, 15) is 4.39 Å². The van der Waals surface area contributed by atoms with Gasteiger partial charge in [0.15, 0.2) is 0 Å². The zero-order valence-electron chi connectivity index (χ0n) is 6.57. The summed E-state index contributed by atoms with van der Waals surface area (Å²) in [6.07, 6.45) is 1.79. The fraction of sp³-hybridized carbons (Fsp3) is 0.111. The van der Waals surface area contributed by atoms with Gasteiger partial charge in [-0.15, -0.1) is 11.6 Å². The minimum Gasteiger partial charge on any atom is -0.361 e. The number of alkyl halides is 1. The van der Waals surface area contributed by atoms with E-state index >= 15 is 0 Å². The van der Waals surface area contributed by atoms with Crippen LogP contribution in [0.15, 0.2) is 22.8 Å². The molecule has 0 bridgehead atoms. The number of aromatic nitrogens is 1. The van der Waals surface area contributed by atoms with Gasteiger partial charge in [-0.3, -0.25) is 0 Å². The van der Waals surface area contributed by atoms with Gasteiger partial charge in [-0.2, -0.15) is 0 Å². The summed E-state index contributed by atoms with van der Waals surface area (Å²) < 4.78 is 13.7. The molecule has 2 aromatic rings. The number of nitrogens with one attached hydrogen (secondary N) is 1. The highest BCUT2D eigenvalue weighted by Crippen LogP contribution is 2.28. The van der Waals surface area contributed by atoms with Crippen molar-refractivity contribution in [3.63, 3.8) is 0 Å². The first-order valence-corrected chi connectivity index (χ1v) is 5.06. The Morgan fingerprint density at radius 1 is 1.46 bits per heavy atom. The molecule has 4 heteroatoms. The van der Waals surface area contributed by atoms with Crippen LogP contribution in [0.25, 0.3) is 10.9 Å². The van der Waals surface area contributed by atoms with Crippen LogP contribution in [0.2, 0.25) is 0 Å². The summed E-state index contributed by atoms with van der Waals surface area (Å²) in [5, 5.41) is 0.955. The fourth-order valence-corrected chi connectivity index (χ4v) is 2.25. The first kappa shape index (κ1) is 9.03. The van der Waals surface area contributed by atoms with Gasteiger partial charge in [-0.1, -0.05) is 0 Å². The zero-order valence-corrected chi connectivity index (χ0v) is 8.91. The summed E-state index contributed by atoms with van der Waals surface area (Å²) in [5.41, 5.74) is 1.74. The minimum absolute atomic E-state index is 0.262. The topological polar surface area (TPSA) is 15.8 Å². The number of rotatable bonds is 1. The fourth-order valence-electron chi connectivity index (χ4n) is 1.36. The van der Waals surface area contributed by atoms with Gasteiger partial charge in [-0.25, -0.2) is 4.39 Å². The van der Waals surface area contributed by atoms with E-state index in [1.54, 1.807) is 6.20 Å². The van der Waals surface area contributed by atoms with Crippen LogP contribution < -0.4 is 0 Å². The molecule has 0 amide bonds. The lowest BCUT2D eigenvalue weighted by Gasteiger charge is -1.97. The average Bonchev–Trinajstić information content (AvgIpc) is 2.47. The van der Waals surface area contributed by atoms with Gasteiger partial charge in [-0.05, 0) is 33.6 Å². The summed E-state index contributed by atoms with van der Waals surface area (Å²) in [7, 11) is 0. The summed E-state index contributed by atoms with van der Waals surface area (Å²) in [4.78, 5) is 2.97. The molecule has 0 aliphatic rings. The van der Waals surface area contributed by atoms with Gasteiger partial charge >= 0.3 is 0 Å². The van der Waals surface area contributed by atoms with Crippen molar-refractivity contribution in [2.75, 3.05) is 0 Å². The quantitative estimate of drug-likeness (QED) is 0.752. The molecular weight excluding hydrogens is 256 g/mol.